The molecule has 0 atom stereocenters. The van der Waals surface area contributed by atoms with Crippen LogP contribution in [0.3, 0.4) is 0 Å². The maximum Gasteiger partial charge on any atom is 0.175 e. The Morgan fingerprint density at radius 2 is 2.54 bits per heavy atom. The third-order valence-corrected chi connectivity index (χ3v) is 1.46. The highest BCUT2D eigenvalue weighted by Crippen LogP contribution is 2.15. The SMILES string of the molecule is CCOc1ccncc1/C(N)=N\O. The summed E-state index contributed by atoms with van der Waals surface area (Å²) in [6, 6.07) is 1.66. The van der Waals surface area contributed by atoms with Crippen LogP contribution >= 0.6 is 0 Å². The fourth-order valence-corrected chi connectivity index (χ4v) is 0.909. The van der Waals surface area contributed by atoms with Crippen molar-refractivity contribution in [2.24, 2.45) is 10.9 Å². The standard InChI is InChI=1S/C8H11N3O2/c1-2-13-7-3-4-10-5-6(7)8(9)11-12/h3-5,12H,2H2,1H3,(H2,9,11). The lowest BCUT2D eigenvalue weighted by atomic mass is 10.2. The van der Waals surface area contributed by atoms with E-state index in [-0.39, 0.29) is 5.84 Å². The Morgan fingerprint density at radius 3 is 3.15 bits per heavy atom. The van der Waals surface area contributed by atoms with Gasteiger partial charge in [0.05, 0.1) is 12.2 Å². The molecule has 0 unspecified atom stereocenters. The molecule has 1 aromatic rings. The molecule has 1 rings (SSSR count). The molecule has 70 valence electrons. The summed E-state index contributed by atoms with van der Waals surface area (Å²) in [6.45, 7) is 2.38. The first-order valence-electron chi connectivity index (χ1n) is 3.84. The topological polar surface area (TPSA) is 80.7 Å². The number of aromatic nitrogens is 1. The Bertz CT molecular complexity index is 312. The number of amidine groups is 1. The Labute approximate surface area is 75.8 Å². The smallest absolute Gasteiger partial charge is 0.175 e. The van der Waals surface area contributed by atoms with E-state index in [0.29, 0.717) is 17.9 Å². The largest absolute Gasteiger partial charge is 0.493 e. The van der Waals surface area contributed by atoms with Crippen molar-refractivity contribution < 1.29 is 9.94 Å². The normalized spacial score (nSPS) is 11.3. The van der Waals surface area contributed by atoms with Crippen molar-refractivity contribution in [2.75, 3.05) is 6.61 Å². The molecule has 5 nitrogen and oxygen atoms in total. The monoisotopic (exact) mass is 181 g/mol. The average molecular weight is 181 g/mol. The second-order valence-electron chi connectivity index (χ2n) is 2.29. The Hall–Kier alpha value is -1.78. The van der Waals surface area contributed by atoms with Crippen LogP contribution in [-0.4, -0.2) is 22.6 Å². The molecule has 13 heavy (non-hydrogen) atoms. The minimum Gasteiger partial charge on any atom is -0.493 e. The number of nitrogens with two attached hydrogens (primary N) is 1. The van der Waals surface area contributed by atoms with Gasteiger partial charge in [0.25, 0.3) is 0 Å². The summed E-state index contributed by atoms with van der Waals surface area (Å²) in [5.41, 5.74) is 5.90. The van der Waals surface area contributed by atoms with Crippen LogP contribution in [0.4, 0.5) is 0 Å². The predicted octanol–water partition coefficient (Wildman–Crippen LogP) is 0.575. The van der Waals surface area contributed by atoms with Crippen molar-refractivity contribution in [3.05, 3.63) is 24.0 Å². The van der Waals surface area contributed by atoms with Gasteiger partial charge in [-0.2, -0.15) is 0 Å². The van der Waals surface area contributed by atoms with Gasteiger partial charge < -0.3 is 15.7 Å². The Morgan fingerprint density at radius 1 is 1.77 bits per heavy atom. The lowest BCUT2D eigenvalue weighted by Gasteiger charge is -2.06. The highest BCUT2D eigenvalue weighted by atomic mass is 16.5. The zero-order valence-corrected chi connectivity index (χ0v) is 7.27. The van der Waals surface area contributed by atoms with E-state index in [2.05, 4.69) is 10.1 Å². The molecule has 0 saturated heterocycles. The number of pyridine rings is 1. The molecule has 1 heterocycles. The van der Waals surface area contributed by atoms with Crippen molar-refractivity contribution in [3.63, 3.8) is 0 Å². The summed E-state index contributed by atoms with van der Waals surface area (Å²) in [4.78, 5) is 3.84. The maximum absolute atomic E-state index is 8.46. The van der Waals surface area contributed by atoms with E-state index in [0.717, 1.165) is 0 Å². The molecular weight excluding hydrogens is 170 g/mol. The Kier molecular flexibility index (Phi) is 3.08. The summed E-state index contributed by atoms with van der Waals surface area (Å²) in [5.74, 6) is 0.560. The summed E-state index contributed by atoms with van der Waals surface area (Å²) in [7, 11) is 0. The minimum absolute atomic E-state index is 0.00319. The van der Waals surface area contributed by atoms with E-state index in [1.807, 2.05) is 6.92 Å². The molecule has 0 bridgehead atoms. The van der Waals surface area contributed by atoms with Crippen molar-refractivity contribution in [1.29, 1.82) is 0 Å². The van der Waals surface area contributed by atoms with Crippen LogP contribution in [0, 0.1) is 0 Å². The van der Waals surface area contributed by atoms with Gasteiger partial charge in [-0.05, 0) is 13.0 Å². The number of rotatable bonds is 3. The molecule has 0 aromatic carbocycles. The van der Waals surface area contributed by atoms with Gasteiger partial charge in [0.15, 0.2) is 5.84 Å². The van der Waals surface area contributed by atoms with Gasteiger partial charge >= 0.3 is 0 Å². The van der Waals surface area contributed by atoms with Crippen LogP contribution in [-0.2, 0) is 0 Å². The molecule has 0 aliphatic rings. The summed E-state index contributed by atoms with van der Waals surface area (Å²) in [6.07, 6.45) is 3.07. The van der Waals surface area contributed by atoms with Crippen LogP contribution in [0.2, 0.25) is 0 Å². The fraction of sp³-hybridized carbons (Fsp3) is 0.250. The minimum atomic E-state index is -0.00319. The molecule has 1 aromatic heterocycles. The summed E-state index contributed by atoms with van der Waals surface area (Å²) < 4.78 is 5.25. The van der Waals surface area contributed by atoms with Crippen LogP contribution in [0.25, 0.3) is 0 Å². The average Bonchev–Trinajstić information content (AvgIpc) is 2.18. The first kappa shape index (κ1) is 9.31. The van der Waals surface area contributed by atoms with Crippen molar-refractivity contribution >= 4 is 5.84 Å². The highest BCUT2D eigenvalue weighted by Gasteiger charge is 2.06. The van der Waals surface area contributed by atoms with E-state index in [1.54, 1.807) is 12.3 Å². The van der Waals surface area contributed by atoms with Crippen LogP contribution in [0.15, 0.2) is 23.6 Å². The second-order valence-corrected chi connectivity index (χ2v) is 2.29. The fourth-order valence-electron chi connectivity index (χ4n) is 0.909. The molecule has 0 aliphatic carbocycles. The first-order valence-corrected chi connectivity index (χ1v) is 3.84. The number of ether oxygens (including phenoxy) is 1. The molecule has 0 aliphatic heterocycles. The molecule has 0 radical (unpaired) electrons. The molecule has 3 N–H and O–H groups in total. The molecule has 0 spiro atoms. The highest BCUT2D eigenvalue weighted by molar-refractivity contribution is 5.99. The van der Waals surface area contributed by atoms with Crippen molar-refractivity contribution in [3.8, 4) is 5.75 Å². The molecule has 0 amide bonds. The van der Waals surface area contributed by atoms with Gasteiger partial charge in [-0.1, -0.05) is 5.16 Å². The summed E-state index contributed by atoms with van der Waals surface area (Å²) >= 11 is 0. The Balaban J connectivity index is 3.04. The van der Waals surface area contributed by atoms with Gasteiger partial charge in [-0.15, -0.1) is 0 Å². The van der Waals surface area contributed by atoms with Gasteiger partial charge in [0.1, 0.15) is 5.75 Å². The lowest BCUT2D eigenvalue weighted by Crippen LogP contribution is -2.15. The maximum atomic E-state index is 8.46. The van der Waals surface area contributed by atoms with Gasteiger partial charge in [0.2, 0.25) is 0 Å². The van der Waals surface area contributed by atoms with Crippen LogP contribution < -0.4 is 10.5 Å². The number of hydrogen-bond donors (Lipinski definition) is 2. The third-order valence-electron chi connectivity index (χ3n) is 1.46. The predicted molar refractivity (Wildman–Crippen MR) is 47.9 cm³/mol. The molecule has 5 heteroatoms. The molecular formula is C8H11N3O2. The van der Waals surface area contributed by atoms with Gasteiger partial charge in [-0.3, -0.25) is 4.98 Å². The molecule has 0 saturated carbocycles. The number of oxime groups is 1. The molecule has 0 fully saturated rings. The summed E-state index contributed by atoms with van der Waals surface area (Å²) in [5, 5.41) is 11.3. The number of hydrogen-bond acceptors (Lipinski definition) is 4. The third kappa shape index (κ3) is 2.08. The zero-order valence-electron chi connectivity index (χ0n) is 7.27. The van der Waals surface area contributed by atoms with Crippen molar-refractivity contribution in [2.45, 2.75) is 6.92 Å². The van der Waals surface area contributed by atoms with Gasteiger partial charge in [-0.25, -0.2) is 0 Å². The van der Waals surface area contributed by atoms with Crippen LogP contribution in [0.5, 0.6) is 5.75 Å². The number of nitrogens with zero attached hydrogens (tertiary/aromatic N) is 2. The quantitative estimate of drug-likeness (QED) is 0.309. The van der Waals surface area contributed by atoms with E-state index < -0.39 is 0 Å². The van der Waals surface area contributed by atoms with E-state index in [9.17, 15) is 0 Å². The van der Waals surface area contributed by atoms with E-state index in [1.165, 1.54) is 6.20 Å². The second kappa shape index (κ2) is 4.30. The van der Waals surface area contributed by atoms with Crippen molar-refractivity contribution in [1.82, 2.24) is 4.98 Å². The van der Waals surface area contributed by atoms with E-state index >= 15 is 0 Å². The zero-order chi connectivity index (χ0) is 9.68. The lowest BCUT2D eigenvalue weighted by molar-refractivity contribution is 0.317. The van der Waals surface area contributed by atoms with E-state index in [4.69, 9.17) is 15.7 Å². The van der Waals surface area contributed by atoms with Gasteiger partial charge in [0, 0.05) is 12.4 Å². The first-order chi connectivity index (χ1) is 6.29. The van der Waals surface area contributed by atoms with Crippen LogP contribution in [0.1, 0.15) is 12.5 Å².